The normalized spacial score (nSPS) is 10.9. The molecule has 0 unspecified atom stereocenters. The second-order valence-corrected chi connectivity index (χ2v) is 3.80. The van der Waals surface area contributed by atoms with Crippen LogP contribution in [0.5, 0.6) is 0 Å². The van der Waals surface area contributed by atoms with Crippen LogP contribution < -0.4 is 0 Å². The van der Waals surface area contributed by atoms with Gasteiger partial charge in [0.1, 0.15) is 0 Å². The molecule has 0 saturated carbocycles. The van der Waals surface area contributed by atoms with Crippen molar-refractivity contribution in [2.45, 2.75) is 0 Å². The van der Waals surface area contributed by atoms with Gasteiger partial charge in [-0.1, -0.05) is 0 Å². The summed E-state index contributed by atoms with van der Waals surface area (Å²) in [7, 11) is 1.87. The second-order valence-electron chi connectivity index (χ2n) is 3.80. The van der Waals surface area contributed by atoms with Crippen molar-refractivity contribution in [2.75, 3.05) is 0 Å². The number of aryl methyl sites for hydroxylation is 1. The molecule has 84 valence electrons. The first-order valence-electron chi connectivity index (χ1n) is 5.14. The van der Waals surface area contributed by atoms with E-state index in [1.807, 2.05) is 31.4 Å². The molecule has 0 aliphatic heterocycles. The summed E-state index contributed by atoms with van der Waals surface area (Å²) >= 11 is 0. The summed E-state index contributed by atoms with van der Waals surface area (Å²) in [6.45, 7) is 0. The molecule has 4 nitrogen and oxygen atoms in total. The molecular formula is C12H9FN4. The van der Waals surface area contributed by atoms with Crippen LogP contribution in [-0.4, -0.2) is 19.7 Å². The van der Waals surface area contributed by atoms with Gasteiger partial charge in [-0.05, 0) is 18.2 Å². The molecule has 17 heavy (non-hydrogen) atoms. The van der Waals surface area contributed by atoms with Gasteiger partial charge in [0.15, 0.2) is 11.6 Å². The van der Waals surface area contributed by atoms with Gasteiger partial charge < -0.3 is 0 Å². The fraction of sp³-hybridized carbons (Fsp3) is 0.0833. The van der Waals surface area contributed by atoms with E-state index < -0.39 is 5.82 Å². The maximum atomic E-state index is 12.7. The first-order chi connectivity index (χ1) is 8.22. The summed E-state index contributed by atoms with van der Waals surface area (Å²) in [6.07, 6.45) is 4.24. The molecule has 0 fully saturated rings. The number of benzene rings is 1. The summed E-state index contributed by atoms with van der Waals surface area (Å²) in [5, 5.41) is 5.29. The summed E-state index contributed by atoms with van der Waals surface area (Å²) < 4.78 is 14.5. The van der Waals surface area contributed by atoms with E-state index >= 15 is 0 Å². The van der Waals surface area contributed by atoms with E-state index in [1.54, 1.807) is 4.68 Å². The molecular weight excluding hydrogens is 219 g/mol. The van der Waals surface area contributed by atoms with Gasteiger partial charge in [-0.3, -0.25) is 4.68 Å². The van der Waals surface area contributed by atoms with Crippen LogP contribution in [0.2, 0.25) is 0 Å². The number of nitrogens with zero attached hydrogens (tertiary/aromatic N) is 4. The van der Waals surface area contributed by atoms with Crippen molar-refractivity contribution < 1.29 is 4.39 Å². The van der Waals surface area contributed by atoms with Crippen molar-refractivity contribution in [3.63, 3.8) is 0 Å². The zero-order valence-corrected chi connectivity index (χ0v) is 9.13. The molecule has 1 aromatic carbocycles. The molecule has 2 heterocycles. The first kappa shape index (κ1) is 9.89. The Morgan fingerprint density at radius 2 is 1.94 bits per heavy atom. The number of aromatic nitrogens is 4. The monoisotopic (exact) mass is 228 g/mol. The van der Waals surface area contributed by atoms with Crippen LogP contribution in [0.4, 0.5) is 4.39 Å². The highest BCUT2D eigenvalue weighted by Crippen LogP contribution is 2.20. The third-order valence-corrected chi connectivity index (χ3v) is 2.50. The fourth-order valence-corrected chi connectivity index (χ4v) is 1.75. The van der Waals surface area contributed by atoms with E-state index in [4.69, 9.17) is 0 Å². The Morgan fingerprint density at radius 1 is 1.18 bits per heavy atom. The topological polar surface area (TPSA) is 43.6 Å². The Kier molecular flexibility index (Phi) is 2.11. The summed E-state index contributed by atoms with van der Waals surface area (Å²) in [4.78, 5) is 7.90. The van der Waals surface area contributed by atoms with Crippen LogP contribution in [0, 0.1) is 5.82 Å². The zero-order chi connectivity index (χ0) is 11.8. The van der Waals surface area contributed by atoms with Crippen LogP contribution in [0.25, 0.3) is 22.3 Å². The highest BCUT2D eigenvalue weighted by molar-refractivity contribution is 5.82. The molecule has 2 aromatic heterocycles. The number of halogens is 1. The Balaban J connectivity index is 2.13. The lowest BCUT2D eigenvalue weighted by Crippen LogP contribution is -1.89. The molecule has 0 N–H and O–H groups in total. The Bertz CT molecular complexity index is 673. The van der Waals surface area contributed by atoms with Crippen molar-refractivity contribution in [3.05, 3.63) is 42.6 Å². The lowest BCUT2D eigenvalue weighted by molar-refractivity contribution is 0.614. The summed E-state index contributed by atoms with van der Waals surface area (Å²) in [5.41, 5.74) is 1.77. The Hall–Kier alpha value is -2.30. The predicted octanol–water partition coefficient (Wildman–Crippen LogP) is 2.17. The summed E-state index contributed by atoms with van der Waals surface area (Å²) in [5.74, 6) is 0.0772. The van der Waals surface area contributed by atoms with Gasteiger partial charge >= 0.3 is 0 Å². The third-order valence-electron chi connectivity index (χ3n) is 2.50. The lowest BCUT2D eigenvalue weighted by Gasteiger charge is -1.98. The van der Waals surface area contributed by atoms with Gasteiger partial charge in [-0.15, -0.1) is 0 Å². The van der Waals surface area contributed by atoms with E-state index in [9.17, 15) is 4.39 Å². The van der Waals surface area contributed by atoms with Gasteiger partial charge in [0.25, 0.3) is 0 Å². The summed E-state index contributed by atoms with van der Waals surface area (Å²) in [6, 6.07) is 5.72. The van der Waals surface area contributed by atoms with Crippen molar-refractivity contribution in [2.24, 2.45) is 7.05 Å². The zero-order valence-electron chi connectivity index (χ0n) is 9.13. The average molecular weight is 228 g/mol. The van der Waals surface area contributed by atoms with E-state index in [2.05, 4.69) is 15.1 Å². The highest BCUT2D eigenvalue weighted by atomic mass is 19.1. The maximum absolute atomic E-state index is 12.7. The smallest absolute Gasteiger partial charge is 0.159 e. The number of rotatable bonds is 1. The molecule has 3 aromatic rings. The third kappa shape index (κ3) is 1.75. The lowest BCUT2D eigenvalue weighted by atomic mass is 10.1. The van der Waals surface area contributed by atoms with Crippen LogP contribution in [0.1, 0.15) is 0 Å². The number of fused-ring (bicyclic) bond motifs is 1. The van der Waals surface area contributed by atoms with Gasteiger partial charge in [-0.2, -0.15) is 5.10 Å². The Labute approximate surface area is 96.7 Å². The molecule has 3 rings (SSSR count). The SMILES string of the molecule is Cn1cc2cc(-c3ncc(F)cn3)ccc2n1. The molecule has 0 amide bonds. The highest BCUT2D eigenvalue weighted by Gasteiger charge is 2.04. The predicted molar refractivity (Wildman–Crippen MR) is 61.7 cm³/mol. The van der Waals surface area contributed by atoms with Gasteiger partial charge in [-0.25, -0.2) is 14.4 Å². The molecule has 0 aliphatic rings. The van der Waals surface area contributed by atoms with Crippen molar-refractivity contribution in [1.29, 1.82) is 0 Å². The van der Waals surface area contributed by atoms with E-state index in [-0.39, 0.29) is 0 Å². The van der Waals surface area contributed by atoms with E-state index in [1.165, 1.54) is 0 Å². The minimum absolute atomic E-state index is 0.434. The van der Waals surface area contributed by atoms with E-state index in [0.717, 1.165) is 28.9 Å². The van der Waals surface area contributed by atoms with Gasteiger partial charge in [0, 0.05) is 24.2 Å². The molecule has 0 radical (unpaired) electrons. The van der Waals surface area contributed by atoms with Crippen molar-refractivity contribution in [1.82, 2.24) is 19.7 Å². The van der Waals surface area contributed by atoms with Crippen LogP contribution >= 0.6 is 0 Å². The minimum Gasteiger partial charge on any atom is -0.275 e. The van der Waals surface area contributed by atoms with Crippen LogP contribution in [-0.2, 0) is 7.05 Å². The Morgan fingerprint density at radius 3 is 2.71 bits per heavy atom. The van der Waals surface area contributed by atoms with Crippen molar-refractivity contribution >= 4 is 10.9 Å². The number of hydrogen-bond donors (Lipinski definition) is 0. The van der Waals surface area contributed by atoms with E-state index in [0.29, 0.717) is 5.82 Å². The number of hydrogen-bond acceptors (Lipinski definition) is 3. The standard InChI is InChI=1S/C12H9FN4/c1-17-7-9-4-8(2-3-11(9)16-17)12-14-5-10(13)6-15-12/h2-7H,1H3. The fourth-order valence-electron chi connectivity index (χ4n) is 1.75. The molecule has 0 aliphatic carbocycles. The first-order valence-corrected chi connectivity index (χ1v) is 5.14. The van der Waals surface area contributed by atoms with Crippen LogP contribution in [0.3, 0.4) is 0 Å². The quantitative estimate of drug-likeness (QED) is 0.641. The van der Waals surface area contributed by atoms with Gasteiger partial charge in [0.05, 0.1) is 17.9 Å². The molecule has 0 spiro atoms. The minimum atomic E-state index is -0.434. The molecule has 0 atom stereocenters. The molecule has 0 saturated heterocycles. The maximum Gasteiger partial charge on any atom is 0.159 e. The van der Waals surface area contributed by atoms with Crippen molar-refractivity contribution in [3.8, 4) is 11.4 Å². The van der Waals surface area contributed by atoms with Gasteiger partial charge in [0.2, 0.25) is 0 Å². The largest absolute Gasteiger partial charge is 0.275 e. The average Bonchev–Trinajstić information content (AvgIpc) is 2.69. The van der Waals surface area contributed by atoms with Crippen LogP contribution in [0.15, 0.2) is 36.8 Å². The second kappa shape index (κ2) is 3.62. The molecule has 5 heteroatoms. The molecule has 0 bridgehead atoms.